The molecule has 8 heteroatoms. The summed E-state index contributed by atoms with van der Waals surface area (Å²) in [4.78, 5) is 12.7. The molecule has 0 saturated heterocycles. The summed E-state index contributed by atoms with van der Waals surface area (Å²) < 4.78 is 25.0. The number of carbonyl (C=O) groups is 1. The molecule has 0 unspecified atom stereocenters. The Morgan fingerprint density at radius 1 is 0.966 bits per heavy atom. The zero-order valence-electron chi connectivity index (χ0n) is 16.8. The van der Waals surface area contributed by atoms with Crippen molar-refractivity contribution in [1.82, 2.24) is 9.78 Å². The first-order chi connectivity index (χ1) is 13.5. The molecule has 2 N–H and O–H groups in total. The van der Waals surface area contributed by atoms with E-state index in [2.05, 4.69) is 15.7 Å². The molecule has 3 aromatic rings. The number of para-hydroxylation sites is 1. The minimum Gasteiger partial charge on any atom is -0.308 e. The molecule has 0 aliphatic rings. The van der Waals surface area contributed by atoms with Crippen molar-refractivity contribution in [3.63, 3.8) is 0 Å². The van der Waals surface area contributed by atoms with Gasteiger partial charge in [-0.05, 0) is 36.4 Å². The lowest BCUT2D eigenvalue weighted by Gasteiger charge is -2.14. The van der Waals surface area contributed by atoms with Gasteiger partial charge in [0, 0.05) is 23.4 Å². The molecule has 152 valence electrons. The smallest absolute Gasteiger partial charge is 0.308 e. The van der Waals surface area contributed by atoms with E-state index in [1.54, 1.807) is 28.9 Å². The fourth-order valence-corrected chi connectivity index (χ4v) is 3.30. The van der Waals surface area contributed by atoms with Crippen LogP contribution >= 0.6 is 0 Å². The fourth-order valence-electron chi connectivity index (χ4n) is 2.67. The molecule has 0 aliphatic carbocycles. The van der Waals surface area contributed by atoms with E-state index in [0.29, 0.717) is 17.2 Å². The highest BCUT2D eigenvalue weighted by molar-refractivity contribution is 7.90. The Bertz CT molecular complexity index is 1110. The maximum absolute atomic E-state index is 12.5. The molecule has 0 spiro atoms. The first kappa shape index (κ1) is 20.6. The zero-order valence-corrected chi connectivity index (χ0v) is 17.6. The van der Waals surface area contributed by atoms with Gasteiger partial charge in [-0.3, -0.25) is 5.32 Å². The molecule has 1 aromatic heterocycles. The Hall–Kier alpha value is -3.13. The third-order valence-corrected chi connectivity index (χ3v) is 5.39. The summed E-state index contributed by atoms with van der Waals surface area (Å²) in [5.74, 6) is 0.482. The number of rotatable bonds is 4. The number of urea groups is 1. The van der Waals surface area contributed by atoms with E-state index in [1.807, 2.05) is 45.0 Å². The highest BCUT2D eigenvalue weighted by Gasteiger charge is 2.21. The first-order valence-corrected chi connectivity index (χ1v) is 11.0. The highest BCUT2D eigenvalue weighted by atomic mass is 32.2. The Labute approximate surface area is 170 Å². The third-order valence-electron chi connectivity index (χ3n) is 4.26. The van der Waals surface area contributed by atoms with Gasteiger partial charge in [-0.2, -0.15) is 5.10 Å². The van der Waals surface area contributed by atoms with Gasteiger partial charge in [-0.1, -0.05) is 39.0 Å². The minimum atomic E-state index is -3.29. The summed E-state index contributed by atoms with van der Waals surface area (Å²) in [5.41, 5.74) is 1.87. The van der Waals surface area contributed by atoms with Crippen LogP contribution in [0.5, 0.6) is 0 Å². The lowest BCUT2D eigenvalue weighted by atomic mass is 9.92. The topological polar surface area (TPSA) is 93.1 Å². The number of nitrogens with zero attached hydrogens (tertiary/aromatic N) is 2. The number of amides is 2. The zero-order chi connectivity index (χ0) is 21.2. The van der Waals surface area contributed by atoms with Gasteiger partial charge in [0.2, 0.25) is 0 Å². The lowest BCUT2D eigenvalue weighted by molar-refractivity contribution is 0.262. The van der Waals surface area contributed by atoms with E-state index in [1.165, 1.54) is 12.1 Å². The van der Waals surface area contributed by atoms with Crippen LogP contribution in [0.4, 0.5) is 16.3 Å². The number of nitrogens with one attached hydrogen (secondary N) is 2. The van der Waals surface area contributed by atoms with E-state index in [9.17, 15) is 13.2 Å². The Balaban J connectivity index is 1.94. The summed E-state index contributed by atoms with van der Waals surface area (Å²) in [6, 6.07) is 16.9. The maximum atomic E-state index is 12.5. The molecule has 29 heavy (non-hydrogen) atoms. The Kier molecular flexibility index (Phi) is 5.48. The number of aromatic nitrogens is 2. The molecule has 0 radical (unpaired) electrons. The molecule has 0 saturated carbocycles. The molecule has 2 amide bonds. The number of hydrogen-bond acceptors (Lipinski definition) is 4. The van der Waals surface area contributed by atoms with E-state index >= 15 is 0 Å². The monoisotopic (exact) mass is 412 g/mol. The van der Waals surface area contributed by atoms with Crippen LogP contribution in [0.2, 0.25) is 0 Å². The number of sulfone groups is 1. The number of benzene rings is 2. The van der Waals surface area contributed by atoms with Crippen LogP contribution < -0.4 is 10.6 Å². The second-order valence-electron chi connectivity index (χ2n) is 7.79. The summed E-state index contributed by atoms with van der Waals surface area (Å²) in [5, 5.41) is 10.2. The fraction of sp³-hybridized carbons (Fsp3) is 0.238. The molecule has 0 atom stereocenters. The average Bonchev–Trinajstić information content (AvgIpc) is 3.06. The molecule has 3 rings (SSSR count). The average molecular weight is 413 g/mol. The first-order valence-electron chi connectivity index (χ1n) is 9.08. The Morgan fingerprint density at radius 3 is 2.14 bits per heavy atom. The van der Waals surface area contributed by atoms with E-state index in [0.717, 1.165) is 11.9 Å². The second-order valence-corrected chi connectivity index (χ2v) is 9.80. The predicted molar refractivity (Wildman–Crippen MR) is 114 cm³/mol. The van der Waals surface area contributed by atoms with Gasteiger partial charge in [-0.25, -0.2) is 17.9 Å². The Morgan fingerprint density at radius 2 is 1.59 bits per heavy atom. The van der Waals surface area contributed by atoms with Crippen LogP contribution in [-0.2, 0) is 15.3 Å². The standard InChI is InChI=1S/C21H24N4O3S/c1-21(2,3)18-14-19(23-20(26)22-15-8-6-5-7-9-15)25(24-18)16-10-12-17(13-11-16)29(4,27)28/h5-14H,1-4H3,(H2,22,23,26). The van der Waals surface area contributed by atoms with Gasteiger partial charge in [-0.15, -0.1) is 0 Å². The van der Waals surface area contributed by atoms with Crippen molar-refractivity contribution < 1.29 is 13.2 Å². The van der Waals surface area contributed by atoms with E-state index < -0.39 is 15.9 Å². The lowest BCUT2D eigenvalue weighted by Crippen LogP contribution is -2.21. The van der Waals surface area contributed by atoms with Gasteiger partial charge < -0.3 is 5.32 Å². The molecule has 1 heterocycles. The predicted octanol–water partition coefficient (Wildman–Crippen LogP) is 4.22. The highest BCUT2D eigenvalue weighted by Crippen LogP contribution is 2.27. The molecule has 2 aromatic carbocycles. The number of anilines is 2. The van der Waals surface area contributed by atoms with Crippen molar-refractivity contribution in [2.75, 3.05) is 16.9 Å². The number of carbonyl (C=O) groups excluding carboxylic acids is 1. The molecule has 7 nitrogen and oxygen atoms in total. The molecular formula is C21H24N4O3S. The van der Waals surface area contributed by atoms with Crippen LogP contribution in [0, 0.1) is 0 Å². The van der Waals surface area contributed by atoms with Gasteiger partial charge in [0.25, 0.3) is 0 Å². The van der Waals surface area contributed by atoms with Crippen LogP contribution in [0.3, 0.4) is 0 Å². The largest absolute Gasteiger partial charge is 0.324 e. The summed E-state index contributed by atoms with van der Waals surface area (Å²) in [6.45, 7) is 6.08. The van der Waals surface area contributed by atoms with E-state index in [-0.39, 0.29) is 10.3 Å². The van der Waals surface area contributed by atoms with Crippen LogP contribution in [0.1, 0.15) is 26.5 Å². The maximum Gasteiger partial charge on any atom is 0.324 e. The van der Waals surface area contributed by atoms with Crippen molar-refractivity contribution in [3.05, 3.63) is 66.4 Å². The van der Waals surface area contributed by atoms with Crippen molar-refractivity contribution in [3.8, 4) is 5.69 Å². The van der Waals surface area contributed by atoms with Crippen molar-refractivity contribution in [2.45, 2.75) is 31.1 Å². The number of hydrogen-bond donors (Lipinski definition) is 2. The quantitative estimate of drug-likeness (QED) is 0.671. The molecular weight excluding hydrogens is 388 g/mol. The molecule has 0 bridgehead atoms. The van der Waals surface area contributed by atoms with Crippen LogP contribution in [0.25, 0.3) is 5.69 Å². The van der Waals surface area contributed by atoms with Crippen LogP contribution in [-0.4, -0.2) is 30.5 Å². The third kappa shape index (κ3) is 5.03. The van der Waals surface area contributed by atoms with Gasteiger partial charge >= 0.3 is 6.03 Å². The second kappa shape index (κ2) is 7.71. The summed E-state index contributed by atoms with van der Waals surface area (Å²) >= 11 is 0. The normalized spacial score (nSPS) is 11.9. The van der Waals surface area contributed by atoms with Gasteiger partial charge in [0.05, 0.1) is 16.3 Å². The summed E-state index contributed by atoms with van der Waals surface area (Å²) in [7, 11) is -3.29. The van der Waals surface area contributed by atoms with Crippen molar-refractivity contribution >= 4 is 27.4 Å². The van der Waals surface area contributed by atoms with Gasteiger partial charge in [0.1, 0.15) is 5.82 Å². The molecule has 0 aliphatic heterocycles. The van der Waals surface area contributed by atoms with Crippen LogP contribution in [0.15, 0.2) is 65.6 Å². The minimum absolute atomic E-state index is 0.223. The summed E-state index contributed by atoms with van der Waals surface area (Å²) in [6.07, 6.45) is 1.16. The SMILES string of the molecule is CC(C)(C)c1cc(NC(=O)Nc2ccccc2)n(-c2ccc(S(C)(=O)=O)cc2)n1. The van der Waals surface area contributed by atoms with Gasteiger partial charge in [0.15, 0.2) is 9.84 Å². The van der Waals surface area contributed by atoms with E-state index in [4.69, 9.17) is 0 Å². The van der Waals surface area contributed by atoms with Crippen molar-refractivity contribution in [1.29, 1.82) is 0 Å². The molecule has 0 fully saturated rings. The van der Waals surface area contributed by atoms with Crippen molar-refractivity contribution in [2.24, 2.45) is 0 Å².